The van der Waals surface area contributed by atoms with E-state index in [9.17, 15) is 14.7 Å². The number of hydrogen-bond donors (Lipinski definition) is 1. The molecule has 0 spiro atoms. The van der Waals surface area contributed by atoms with Crippen LogP contribution in [0.5, 0.6) is 0 Å². The van der Waals surface area contributed by atoms with E-state index in [1.807, 2.05) is 56.1 Å². The lowest BCUT2D eigenvalue weighted by Crippen LogP contribution is -2.46. The van der Waals surface area contributed by atoms with Gasteiger partial charge in [0, 0.05) is 56.6 Å². The molecule has 3 heterocycles. The third-order valence-electron chi connectivity index (χ3n) is 15.3. The van der Waals surface area contributed by atoms with Crippen LogP contribution in [0, 0.1) is 17.8 Å². The van der Waals surface area contributed by atoms with E-state index in [0.29, 0.717) is 43.1 Å². The Morgan fingerprint density at radius 3 is 2.13 bits per heavy atom. The van der Waals surface area contributed by atoms with E-state index in [1.165, 1.54) is 0 Å². The lowest BCUT2D eigenvalue weighted by atomic mass is 9.91. The lowest BCUT2D eigenvalue weighted by molar-refractivity contribution is -0.151. The van der Waals surface area contributed by atoms with Gasteiger partial charge in [0.05, 0.1) is 30.3 Å². The average molecular weight is 919 g/mol. The fraction of sp³-hybridized carbons (Fsp3) is 0.843. The summed E-state index contributed by atoms with van der Waals surface area (Å²) in [7, 11) is -4.00. The number of cyclic esters (lactones) is 1. The van der Waals surface area contributed by atoms with Crippen molar-refractivity contribution in [3.63, 3.8) is 0 Å². The van der Waals surface area contributed by atoms with Crippen LogP contribution in [0.1, 0.15) is 149 Å². The number of rotatable bonds is 20. The normalized spacial score (nSPS) is 28.9. The molecule has 0 aromatic heterocycles. The molecule has 0 bridgehead atoms. The van der Waals surface area contributed by atoms with Crippen molar-refractivity contribution in [1.82, 2.24) is 9.80 Å². The SMILES string of the molecule is CCC(O[Si](CC)(CC)C(C)C)C(C)C1OC1CC(C)(O)/C=C/C=C(\C)C1OC(=O)CC(O[Si](CC)(CC)C(C)C)CCC(C)C(OC(=O)N2CCCN(C(C)C)CC2)/C=C\C1C. The number of carbonyl (C=O) groups is 2. The molecule has 63 heavy (non-hydrogen) atoms. The highest BCUT2D eigenvalue weighted by molar-refractivity contribution is 6.75. The number of esters is 1. The first-order chi connectivity index (χ1) is 29.6. The van der Waals surface area contributed by atoms with Crippen LogP contribution < -0.4 is 0 Å². The fourth-order valence-electron chi connectivity index (χ4n) is 10.3. The van der Waals surface area contributed by atoms with E-state index in [2.05, 4.69) is 94.9 Å². The van der Waals surface area contributed by atoms with E-state index in [-0.39, 0.29) is 60.7 Å². The van der Waals surface area contributed by atoms with Crippen molar-refractivity contribution in [3.05, 3.63) is 36.0 Å². The summed E-state index contributed by atoms with van der Waals surface area (Å²) in [6, 6.07) is 4.61. The van der Waals surface area contributed by atoms with Gasteiger partial charge in [0.1, 0.15) is 12.2 Å². The molecule has 0 aromatic rings. The van der Waals surface area contributed by atoms with Gasteiger partial charge in [-0.2, -0.15) is 0 Å². The maximum Gasteiger partial charge on any atom is 0.410 e. The van der Waals surface area contributed by atoms with Gasteiger partial charge in [-0.1, -0.05) is 107 Å². The van der Waals surface area contributed by atoms with Gasteiger partial charge in [-0.25, -0.2) is 4.79 Å². The number of carbonyl (C=O) groups excluding carboxylic acids is 2. The molecule has 10 atom stereocenters. The topological polar surface area (TPSA) is 110 Å². The Morgan fingerprint density at radius 2 is 1.56 bits per heavy atom. The first-order valence-corrected chi connectivity index (χ1v) is 30.1. The third-order valence-corrected chi connectivity index (χ3v) is 25.9. The molecule has 0 aromatic carbocycles. The van der Waals surface area contributed by atoms with E-state index < -0.39 is 34.4 Å². The molecule has 0 aliphatic carbocycles. The number of nitrogens with zero attached hydrogens (tertiary/aromatic N) is 2. The largest absolute Gasteiger partial charge is 0.457 e. The zero-order valence-corrected chi connectivity index (χ0v) is 44.9. The minimum Gasteiger partial charge on any atom is -0.457 e. The molecule has 1 amide bonds. The number of ether oxygens (including phenoxy) is 3. The monoisotopic (exact) mass is 919 g/mol. The van der Waals surface area contributed by atoms with Gasteiger partial charge in [-0.05, 0) is 106 Å². The molecule has 10 unspecified atom stereocenters. The van der Waals surface area contributed by atoms with Crippen LogP contribution in [-0.4, -0.2) is 118 Å². The molecule has 3 rings (SSSR count). The summed E-state index contributed by atoms with van der Waals surface area (Å²) in [5.41, 5.74) is 0.723. The number of amides is 1. The van der Waals surface area contributed by atoms with Gasteiger partial charge in [-0.3, -0.25) is 9.69 Å². The molecule has 1 N–H and O–H groups in total. The van der Waals surface area contributed by atoms with Crippen molar-refractivity contribution in [1.29, 1.82) is 0 Å². The molecule has 3 aliphatic rings. The van der Waals surface area contributed by atoms with Gasteiger partial charge < -0.3 is 33.1 Å². The van der Waals surface area contributed by atoms with Crippen LogP contribution in [0.3, 0.4) is 0 Å². The molecule has 0 saturated carbocycles. The summed E-state index contributed by atoms with van der Waals surface area (Å²) in [6.45, 7) is 38.1. The zero-order chi connectivity index (χ0) is 47.3. The first-order valence-electron chi connectivity index (χ1n) is 25.3. The van der Waals surface area contributed by atoms with Crippen LogP contribution in [0.4, 0.5) is 4.79 Å². The summed E-state index contributed by atoms with van der Waals surface area (Å²) in [5.74, 6) is -0.233. The summed E-state index contributed by atoms with van der Waals surface area (Å²) in [6.07, 6.45) is 12.2. The van der Waals surface area contributed by atoms with Gasteiger partial charge in [0.15, 0.2) is 16.6 Å². The quantitative estimate of drug-likeness (QED) is 0.0420. The molecule has 364 valence electrons. The van der Waals surface area contributed by atoms with E-state index >= 15 is 0 Å². The molecular formula is C51H94N2O8Si2. The Hall–Kier alpha value is -1.81. The van der Waals surface area contributed by atoms with Crippen molar-refractivity contribution in [2.45, 2.75) is 233 Å². The Bertz CT molecular complexity index is 1490. The van der Waals surface area contributed by atoms with Crippen molar-refractivity contribution in [2.24, 2.45) is 17.8 Å². The van der Waals surface area contributed by atoms with Crippen LogP contribution >= 0.6 is 0 Å². The standard InChI is InChI=1S/C51H94N2O8Si2/c1-17-44(61-63(20-4,21-5)38(10)11)42(15)49-46(57-49)35-51(16,56)29-22-24-40(13)48-41(14)26-28-45(58-50(55)53-31-23-30-52(32-33-53)36(6)7)39(12)25-27-43(34-47(54)59-48)60-62(18-2,19-3)37(8)9/h22,24,26,28-29,36-39,41-46,48-49,56H,17-21,23,25,27,30-35H2,1-16H3/b28-26-,29-22+,40-24+. The molecule has 0 radical (unpaired) electrons. The van der Waals surface area contributed by atoms with Crippen LogP contribution in [0.25, 0.3) is 0 Å². The predicted octanol–water partition coefficient (Wildman–Crippen LogP) is 11.8. The Balaban J connectivity index is 1.84. The Morgan fingerprint density at radius 1 is 0.921 bits per heavy atom. The summed E-state index contributed by atoms with van der Waals surface area (Å²) < 4.78 is 33.1. The average Bonchev–Trinajstić information content (AvgIpc) is 4.04. The van der Waals surface area contributed by atoms with E-state index in [0.717, 1.165) is 62.1 Å². The minimum absolute atomic E-state index is 0.0123. The van der Waals surface area contributed by atoms with Crippen molar-refractivity contribution in [3.8, 4) is 0 Å². The third kappa shape index (κ3) is 15.9. The summed E-state index contributed by atoms with van der Waals surface area (Å²) >= 11 is 0. The van der Waals surface area contributed by atoms with Crippen molar-refractivity contribution < 1.29 is 37.8 Å². The van der Waals surface area contributed by atoms with E-state index in [4.69, 9.17) is 23.1 Å². The van der Waals surface area contributed by atoms with E-state index in [1.54, 1.807) is 0 Å². The second kappa shape index (κ2) is 25.4. The van der Waals surface area contributed by atoms with Crippen LogP contribution in [0.2, 0.25) is 35.3 Å². The first kappa shape index (κ1) is 55.5. The smallest absolute Gasteiger partial charge is 0.410 e. The number of allylic oxidation sites excluding steroid dienone is 2. The van der Waals surface area contributed by atoms with Gasteiger partial charge in [0.2, 0.25) is 0 Å². The predicted molar refractivity (Wildman–Crippen MR) is 264 cm³/mol. The maximum atomic E-state index is 13.9. The second-order valence-electron chi connectivity index (χ2n) is 20.7. The molecule has 12 heteroatoms. The lowest BCUT2D eigenvalue weighted by Gasteiger charge is -2.39. The molecular weight excluding hydrogens is 825 g/mol. The van der Waals surface area contributed by atoms with Crippen LogP contribution in [-0.2, 0) is 27.9 Å². The van der Waals surface area contributed by atoms with Crippen molar-refractivity contribution in [2.75, 3.05) is 26.2 Å². The molecule has 2 fully saturated rings. The highest BCUT2D eigenvalue weighted by atomic mass is 28.4. The second-order valence-corrected chi connectivity index (χ2v) is 30.6. The Kier molecular flexibility index (Phi) is 22.4. The highest BCUT2D eigenvalue weighted by Gasteiger charge is 2.49. The Labute approximate surface area is 387 Å². The van der Waals surface area contributed by atoms with Crippen molar-refractivity contribution >= 4 is 28.7 Å². The number of epoxide rings is 1. The summed E-state index contributed by atoms with van der Waals surface area (Å²) in [5, 5.41) is 11.6. The fourth-order valence-corrected chi connectivity index (χ4v) is 17.6. The number of hydrogen-bond acceptors (Lipinski definition) is 9. The maximum absolute atomic E-state index is 13.9. The van der Waals surface area contributed by atoms with Crippen LogP contribution in [0.15, 0.2) is 36.0 Å². The minimum atomic E-state index is -2.14. The highest BCUT2D eigenvalue weighted by Crippen LogP contribution is 2.41. The zero-order valence-electron chi connectivity index (χ0n) is 42.9. The van der Waals surface area contributed by atoms with Gasteiger partial charge in [0.25, 0.3) is 0 Å². The van der Waals surface area contributed by atoms with Gasteiger partial charge in [-0.15, -0.1) is 0 Å². The van der Waals surface area contributed by atoms with Gasteiger partial charge >= 0.3 is 12.1 Å². The molecule has 10 nitrogen and oxygen atoms in total. The number of aliphatic hydroxyl groups is 1. The molecule has 2 saturated heterocycles. The summed E-state index contributed by atoms with van der Waals surface area (Å²) in [4.78, 5) is 32.0. The molecule has 3 aliphatic heterocycles.